The average molecular weight is 477 g/mol. The molecule has 0 aliphatic carbocycles. The summed E-state index contributed by atoms with van der Waals surface area (Å²) in [4.78, 5) is 30.5. The van der Waals surface area contributed by atoms with E-state index in [4.69, 9.17) is 9.47 Å². The lowest BCUT2D eigenvalue weighted by molar-refractivity contribution is 0.154. The maximum atomic E-state index is 12.8. The van der Waals surface area contributed by atoms with Gasteiger partial charge in [-0.3, -0.25) is 0 Å². The van der Waals surface area contributed by atoms with Crippen LogP contribution in [0.15, 0.2) is 46.2 Å². The van der Waals surface area contributed by atoms with E-state index in [0.29, 0.717) is 48.8 Å². The molecule has 0 atom stereocenters. The largest absolute Gasteiger partial charge is 0.415 e. The zero-order valence-electron chi connectivity index (χ0n) is 19.6. The fraction of sp³-hybridized carbons (Fsp3) is 0.417. The molecule has 0 aliphatic rings. The minimum atomic E-state index is -0.402. The predicted molar refractivity (Wildman–Crippen MR) is 133 cm³/mol. The second-order valence-corrected chi connectivity index (χ2v) is 8.45. The summed E-state index contributed by atoms with van der Waals surface area (Å²) in [5, 5.41) is 0. The molecule has 8 heteroatoms. The third-order valence-corrected chi connectivity index (χ3v) is 6.63. The molecule has 2 rings (SSSR count). The molecular weight excluding hydrogens is 444 g/mol. The Morgan fingerprint density at radius 3 is 1.31 bits per heavy atom. The van der Waals surface area contributed by atoms with Crippen molar-refractivity contribution in [1.82, 2.24) is 9.80 Å². The third kappa shape index (κ3) is 5.92. The molecule has 32 heavy (non-hydrogen) atoms. The highest BCUT2D eigenvalue weighted by atomic mass is 32.2. The van der Waals surface area contributed by atoms with Crippen molar-refractivity contribution in [3.63, 3.8) is 0 Å². The van der Waals surface area contributed by atoms with Gasteiger partial charge in [-0.1, -0.05) is 24.3 Å². The number of thioether (sulfide) groups is 2. The number of ether oxygens (including phenoxy) is 2. The van der Waals surface area contributed by atoms with Crippen LogP contribution in [0.4, 0.5) is 9.59 Å². The van der Waals surface area contributed by atoms with Crippen LogP contribution >= 0.6 is 23.5 Å². The number of carbonyl (C=O) groups excluding carboxylic acids is 2. The third-order valence-electron chi connectivity index (χ3n) is 5.11. The van der Waals surface area contributed by atoms with Crippen molar-refractivity contribution in [1.29, 1.82) is 0 Å². The number of hydrogen-bond acceptors (Lipinski definition) is 6. The monoisotopic (exact) mass is 476 g/mol. The minimum Gasteiger partial charge on any atom is -0.408 e. The summed E-state index contributed by atoms with van der Waals surface area (Å²) in [6, 6.07) is 11.4. The summed E-state index contributed by atoms with van der Waals surface area (Å²) in [5.41, 5.74) is 1.41. The van der Waals surface area contributed by atoms with Gasteiger partial charge in [-0.25, -0.2) is 9.59 Å². The molecule has 2 aromatic carbocycles. The molecule has 0 aliphatic heterocycles. The van der Waals surface area contributed by atoms with Crippen molar-refractivity contribution in [2.24, 2.45) is 0 Å². The molecule has 0 bridgehead atoms. The Bertz CT molecular complexity index is 853. The van der Waals surface area contributed by atoms with Gasteiger partial charge in [0.15, 0.2) is 11.5 Å². The highest BCUT2D eigenvalue weighted by Gasteiger charge is 2.23. The average Bonchev–Trinajstić information content (AvgIpc) is 2.81. The van der Waals surface area contributed by atoms with Crippen molar-refractivity contribution in [2.45, 2.75) is 37.5 Å². The van der Waals surface area contributed by atoms with Crippen LogP contribution < -0.4 is 9.47 Å². The Hall–Kier alpha value is -2.32. The molecule has 0 aromatic heterocycles. The van der Waals surface area contributed by atoms with Gasteiger partial charge < -0.3 is 19.3 Å². The predicted octanol–water partition coefficient (Wildman–Crippen LogP) is 6.48. The first-order chi connectivity index (χ1) is 15.4. The fourth-order valence-electron chi connectivity index (χ4n) is 3.26. The van der Waals surface area contributed by atoms with Gasteiger partial charge in [-0.15, -0.1) is 23.5 Å². The van der Waals surface area contributed by atoms with Gasteiger partial charge in [0.1, 0.15) is 0 Å². The molecule has 0 unspecified atom stereocenters. The number of hydrogen-bond donors (Lipinski definition) is 0. The molecule has 0 N–H and O–H groups in total. The number of amides is 2. The normalized spacial score (nSPS) is 10.6. The molecule has 6 nitrogen and oxygen atoms in total. The smallest absolute Gasteiger partial charge is 0.408 e. The molecule has 174 valence electrons. The summed E-state index contributed by atoms with van der Waals surface area (Å²) in [6.07, 6.45) is 3.07. The van der Waals surface area contributed by atoms with Gasteiger partial charge in [0.2, 0.25) is 0 Å². The maximum absolute atomic E-state index is 12.8. The molecular formula is C24H32N2O4S2. The number of nitrogens with zero attached hydrogens (tertiary/aromatic N) is 2. The molecule has 0 saturated heterocycles. The van der Waals surface area contributed by atoms with Crippen LogP contribution in [0.5, 0.6) is 11.5 Å². The van der Waals surface area contributed by atoms with E-state index in [1.54, 1.807) is 9.80 Å². The van der Waals surface area contributed by atoms with Crippen LogP contribution in [0.2, 0.25) is 0 Å². The summed E-state index contributed by atoms with van der Waals surface area (Å²) in [7, 11) is 0. The highest BCUT2D eigenvalue weighted by Crippen LogP contribution is 2.44. The minimum absolute atomic E-state index is 0.402. The second kappa shape index (κ2) is 12.6. The lowest BCUT2D eigenvalue weighted by atomic mass is 10.0. The van der Waals surface area contributed by atoms with Crippen LogP contribution in [0.25, 0.3) is 11.1 Å². The summed E-state index contributed by atoms with van der Waals surface area (Å²) < 4.78 is 11.8. The van der Waals surface area contributed by atoms with Crippen LogP contribution in [0.1, 0.15) is 27.7 Å². The van der Waals surface area contributed by atoms with Gasteiger partial charge in [-0.2, -0.15) is 0 Å². The first kappa shape index (κ1) is 25.9. The molecule has 0 saturated carbocycles. The van der Waals surface area contributed by atoms with E-state index in [-0.39, 0.29) is 0 Å². The SMILES string of the molecule is CCN(CC)C(=O)Oc1c(SC)cccc1-c1cccc(SC)c1OC(=O)N(CC)CC. The van der Waals surface area contributed by atoms with E-state index in [1.165, 1.54) is 23.5 Å². The van der Waals surface area contributed by atoms with Crippen molar-refractivity contribution >= 4 is 35.7 Å². The van der Waals surface area contributed by atoms with Crippen molar-refractivity contribution in [3.8, 4) is 22.6 Å². The summed E-state index contributed by atoms with van der Waals surface area (Å²) in [6.45, 7) is 9.89. The van der Waals surface area contributed by atoms with E-state index in [1.807, 2.05) is 76.6 Å². The Kier molecular flexibility index (Phi) is 10.3. The number of carbonyl (C=O) groups is 2. The van der Waals surface area contributed by atoms with Crippen molar-refractivity contribution in [2.75, 3.05) is 38.7 Å². The summed E-state index contributed by atoms with van der Waals surface area (Å²) in [5.74, 6) is 0.936. The van der Waals surface area contributed by atoms with E-state index in [9.17, 15) is 9.59 Å². The van der Waals surface area contributed by atoms with E-state index in [0.717, 1.165) is 9.79 Å². The number of rotatable bonds is 9. The first-order valence-corrected chi connectivity index (χ1v) is 13.2. The second-order valence-electron chi connectivity index (χ2n) is 6.75. The van der Waals surface area contributed by atoms with Gasteiger partial charge in [0, 0.05) is 37.3 Å². The van der Waals surface area contributed by atoms with Crippen LogP contribution in [0, 0.1) is 0 Å². The zero-order chi connectivity index (χ0) is 23.7. The number of para-hydroxylation sites is 2. The molecule has 0 heterocycles. The lowest BCUT2D eigenvalue weighted by Crippen LogP contribution is -2.33. The Labute approximate surface area is 199 Å². The van der Waals surface area contributed by atoms with Gasteiger partial charge in [-0.05, 0) is 52.3 Å². The van der Waals surface area contributed by atoms with Crippen LogP contribution in [0.3, 0.4) is 0 Å². The molecule has 2 amide bonds. The van der Waals surface area contributed by atoms with E-state index in [2.05, 4.69) is 0 Å². The van der Waals surface area contributed by atoms with Crippen LogP contribution in [-0.4, -0.2) is 60.7 Å². The van der Waals surface area contributed by atoms with E-state index < -0.39 is 12.2 Å². The van der Waals surface area contributed by atoms with Gasteiger partial charge in [0.25, 0.3) is 0 Å². The fourth-order valence-corrected chi connectivity index (χ4v) is 4.36. The van der Waals surface area contributed by atoms with Crippen LogP contribution in [-0.2, 0) is 0 Å². The quantitative estimate of drug-likeness (QED) is 0.386. The number of benzene rings is 2. The highest BCUT2D eigenvalue weighted by molar-refractivity contribution is 7.99. The Morgan fingerprint density at radius 2 is 1.03 bits per heavy atom. The Morgan fingerprint density at radius 1 is 0.688 bits per heavy atom. The summed E-state index contributed by atoms with van der Waals surface area (Å²) >= 11 is 3.00. The first-order valence-electron chi connectivity index (χ1n) is 10.7. The van der Waals surface area contributed by atoms with Crippen molar-refractivity contribution < 1.29 is 19.1 Å². The molecule has 0 radical (unpaired) electrons. The van der Waals surface area contributed by atoms with Crippen molar-refractivity contribution in [3.05, 3.63) is 36.4 Å². The van der Waals surface area contributed by atoms with Gasteiger partial charge in [0.05, 0.1) is 9.79 Å². The topological polar surface area (TPSA) is 59.1 Å². The zero-order valence-corrected chi connectivity index (χ0v) is 21.3. The van der Waals surface area contributed by atoms with E-state index >= 15 is 0 Å². The standard InChI is InChI=1S/C24H32N2O4S2/c1-7-25(8-2)23(27)29-21-17(13-11-15-19(21)31-5)18-14-12-16-20(32-6)22(18)30-24(28)26(9-3)10-4/h11-16H,7-10H2,1-6H3. The van der Waals surface area contributed by atoms with Gasteiger partial charge >= 0.3 is 12.2 Å². The molecule has 0 fully saturated rings. The molecule has 0 spiro atoms. The molecule has 2 aromatic rings. The maximum Gasteiger partial charge on any atom is 0.415 e. The lowest BCUT2D eigenvalue weighted by Gasteiger charge is -2.23. The Balaban J connectivity index is 2.62.